The number of ether oxygens (including phenoxy) is 1. The van der Waals surface area contributed by atoms with Crippen molar-refractivity contribution in [2.24, 2.45) is 5.10 Å². The molecule has 0 spiro atoms. The maximum atomic E-state index is 6.55. The van der Waals surface area contributed by atoms with Gasteiger partial charge in [-0.1, -0.05) is 73.3 Å². The van der Waals surface area contributed by atoms with E-state index in [0.717, 1.165) is 48.0 Å². The summed E-state index contributed by atoms with van der Waals surface area (Å²) < 4.78 is 9.37. The molecule has 3 aromatic carbocycles. The minimum atomic E-state index is -0.460. The Morgan fingerprint density at radius 3 is 2.40 bits per heavy atom. The Hall–Kier alpha value is -1.05. The van der Waals surface area contributed by atoms with E-state index in [0.29, 0.717) is 10.0 Å². The average molecular weight is 632 g/mol. The number of halogens is 5. The molecule has 0 unspecified atom stereocenters. The fourth-order valence-electron chi connectivity index (χ4n) is 3.84. The molecule has 2 heterocycles. The van der Waals surface area contributed by atoms with Crippen molar-refractivity contribution in [3.63, 3.8) is 0 Å². The Morgan fingerprint density at radius 2 is 1.67 bits per heavy atom. The highest BCUT2D eigenvalue weighted by Gasteiger charge is 2.42. The Balaban J connectivity index is 1.64. The van der Waals surface area contributed by atoms with Crippen LogP contribution in [-0.4, -0.2) is 10.7 Å². The third-order valence-corrected chi connectivity index (χ3v) is 7.35. The number of hydrogen-bond acceptors (Lipinski definition) is 3. The predicted molar refractivity (Wildman–Crippen MR) is 132 cm³/mol. The van der Waals surface area contributed by atoms with Crippen LogP contribution >= 0.6 is 71.0 Å². The van der Waals surface area contributed by atoms with E-state index in [1.807, 2.05) is 35.3 Å². The second-order valence-corrected chi connectivity index (χ2v) is 10.6. The van der Waals surface area contributed by atoms with Crippen molar-refractivity contribution >= 4 is 76.7 Å². The number of fused-ring (bicyclic) bond motifs is 3. The van der Waals surface area contributed by atoms with Crippen LogP contribution in [0.5, 0.6) is 5.75 Å². The summed E-state index contributed by atoms with van der Waals surface area (Å²) in [7, 11) is 0. The molecule has 3 aromatic rings. The van der Waals surface area contributed by atoms with Crippen molar-refractivity contribution in [3.05, 3.63) is 94.8 Å². The largest absolute Gasteiger partial charge is 0.463 e. The average Bonchev–Trinajstić information content (AvgIpc) is 3.14. The van der Waals surface area contributed by atoms with Gasteiger partial charge in [0.2, 0.25) is 6.23 Å². The number of rotatable bonds is 2. The SMILES string of the molecule is Clc1ccc([C@@H]2Oc3c(Br)cc(Br)cc3[C@H]3CC(c4ccc(Br)cc4)=NN32)c(Cl)c1. The predicted octanol–water partition coefficient (Wildman–Crippen LogP) is 8.52. The first-order valence-corrected chi connectivity index (χ1v) is 12.3. The van der Waals surface area contributed by atoms with Crippen molar-refractivity contribution in [1.82, 2.24) is 5.01 Å². The van der Waals surface area contributed by atoms with E-state index >= 15 is 0 Å². The lowest BCUT2D eigenvalue weighted by Gasteiger charge is -2.39. The van der Waals surface area contributed by atoms with E-state index in [4.69, 9.17) is 33.0 Å². The van der Waals surface area contributed by atoms with Crippen molar-refractivity contribution in [2.45, 2.75) is 18.7 Å². The Bertz CT molecular complexity index is 1180. The Morgan fingerprint density at radius 1 is 0.900 bits per heavy atom. The third kappa shape index (κ3) is 3.71. The second kappa shape index (κ2) is 8.14. The highest BCUT2D eigenvalue weighted by Crippen LogP contribution is 2.51. The van der Waals surface area contributed by atoms with Crippen LogP contribution in [0.4, 0.5) is 0 Å². The van der Waals surface area contributed by atoms with Gasteiger partial charge in [-0.25, -0.2) is 5.01 Å². The number of hydrazone groups is 1. The molecule has 5 rings (SSSR count). The van der Waals surface area contributed by atoms with Gasteiger partial charge in [-0.3, -0.25) is 0 Å². The van der Waals surface area contributed by atoms with Crippen LogP contribution in [0.2, 0.25) is 10.0 Å². The van der Waals surface area contributed by atoms with Gasteiger partial charge in [0.05, 0.1) is 21.2 Å². The first-order chi connectivity index (χ1) is 14.4. The van der Waals surface area contributed by atoms with Gasteiger partial charge in [-0.2, -0.15) is 5.10 Å². The van der Waals surface area contributed by atoms with Crippen LogP contribution in [-0.2, 0) is 0 Å². The summed E-state index contributed by atoms with van der Waals surface area (Å²) in [6.07, 6.45) is 0.306. The lowest BCUT2D eigenvalue weighted by molar-refractivity contribution is -0.0196. The topological polar surface area (TPSA) is 24.8 Å². The van der Waals surface area contributed by atoms with Gasteiger partial charge in [0.15, 0.2) is 0 Å². The van der Waals surface area contributed by atoms with Gasteiger partial charge in [0.25, 0.3) is 0 Å². The van der Waals surface area contributed by atoms with Crippen molar-refractivity contribution in [2.75, 3.05) is 0 Å². The van der Waals surface area contributed by atoms with Crippen LogP contribution < -0.4 is 4.74 Å². The molecular formula is C22H13Br3Cl2N2O. The molecule has 0 amide bonds. The van der Waals surface area contributed by atoms with E-state index in [1.54, 1.807) is 6.07 Å². The fourth-order valence-corrected chi connectivity index (χ4v) is 5.96. The zero-order chi connectivity index (χ0) is 21.0. The van der Waals surface area contributed by atoms with Gasteiger partial charge in [-0.05, 0) is 57.9 Å². The minimum Gasteiger partial charge on any atom is -0.463 e. The fraction of sp³-hybridized carbons (Fsp3) is 0.136. The lowest BCUT2D eigenvalue weighted by Crippen LogP contribution is -2.34. The monoisotopic (exact) mass is 628 g/mol. The standard InChI is InChI=1S/C22H13Br3Cl2N2O/c23-12-3-1-11(2-4-12)19-10-20-16-7-13(24)8-17(25)21(16)30-22(29(20)28-19)15-6-5-14(26)9-18(15)27/h1-9,20,22H,10H2/t20-,22+/m1/s1. The molecule has 0 aliphatic carbocycles. The highest BCUT2D eigenvalue weighted by molar-refractivity contribution is 9.11. The van der Waals surface area contributed by atoms with Crippen molar-refractivity contribution in [3.8, 4) is 5.75 Å². The van der Waals surface area contributed by atoms with E-state index < -0.39 is 6.23 Å². The summed E-state index contributed by atoms with van der Waals surface area (Å²) in [4.78, 5) is 0. The molecule has 2 aliphatic heterocycles. The Labute approximate surface area is 209 Å². The lowest BCUT2D eigenvalue weighted by atomic mass is 9.96. The van der Waals surface area contributed by atoms with E-state index in [-0.39, 0.29) is 6.04 Å². The molecular weight excluding hydrogens is 619 g/mol. The molecule has 2 aliphatic rings. The summed E-state index contributed by atoms with van der Waals surface area (Å²) in [5, 5.41) is 8.12. The van der Waals surface area contributed by atoms with Crippen LogP contribution in [0.15, 0.2) is 73.1 Å². The van der Waals surface area contributed by atoms with Crippen LogP contribution in [0.1, 0.15) is 35.4 Å². The molecule has 3 nitrogen and oxygen atoms in total. The van der Waals surface area contributed by atoms with Gasteiger partial charge >= 0.3 is 0 Å². The van der Waals surface area contributed by atoms with Crippen molar-refractivity contribution < 1.29 is 4.74 Å². The molecule has 0 radical (unpaired) electrons. The quantitative estimate of drug-likeness (QED) is 0.283. The third-order valence-electron chi connectivity index (χ3n) is 5.21. The molecule has 0 bridgehead atoms. The van der Waals surface area contributed by atoms with Crippen LogP contribution in [0.3, 0.4) is 0 Å². The van der Waals surface area contributed by atoms with Gasteiger partial charge in [0, 0.05) is 31.5 Å². The van der Waals surface area contributed by atoms with Crippen LogP contribution in [0, 0.1) is 0 Å². The number of benzene rings is 3. The summed E-state index contributed by atoms with van der Waals surface area (Å²) in [5.74, 6) is 0.808. The molecule has 30 heavy (non-hydrogen) atoms. The Kier molecular flexibility index (Phi) is 5.65. The van der Waals surface area contributed by atoms with Crippen molar-refractivity contribution in [1.29, 1.82) is 0 Å². The summed E-state index contributed by atoms with van der Waals surface area (Å²) in [6.45, 7) is 0. The smallest absolute Gasteiger partial charge is 0.215 e. The molecule has 0 saturated heterocycles. The zero-order valence-corrected chi connectivity index (χ0v) is 21.5. The molecule has 0 saturated carbocycles. The van der Waals surface area contributed by atoms with Gasteiger partial charge < -0.3 is 4.74 Å². The second-order valence-electron chi connectivity index (χ2n) is 7.10. The normalized spacial score (nSPS) is 19.8. The number of nitrogens with zero attached hydrogens (tertiary/aromatic N) is 2. The zero-order valence-electron chi connectivity index (χ0n) is 15.3. The van der Waals surface area contributed by atoms with Crippen LogP contribution in [0.25, 0.3) is 0 Å². The molecule has 2 atom stereocenters. The summed E-state index contributed by atoms with van der Waals surface area (Å²) in [6, 6.07) is 17.8. The maximum Gasteiger partial charge on any atom is 0.215 e. The number of hydrogen-bond donors (Lipinski definition) is 0. The van der Waals surface area contributed by atoms with E-state index in [1.165, 1.54) is 0 Å². The minimum absolute atomic E-state index is 0.0259. The first-order valence-electron chi connectivity index (χ1n) is 9.13. The maximum absolute atomic E-state index is 6.55. The first kappa shape index (κ1) is 20.8. The molecule has 152 valence electrons. The highest BCUT2D eigenvalue weighted by atomic mass is 79.9. The summed E-state index contributed by atoms with van der Waals surface area (Å²) in [5.41, 5.74) is 4.00. The molecule has 0 N–H and O–H groups in total. The molecule has 0 fully saturated rings. The summed E-state index contributed by atoms with van der Waals surface area (Å²) >= 11 is 23.4. The molecule has 0 aromatic heterocycles. The van der Waals surface area contributed by atoms with E-state index in [9.17, 15) is 0 Å². The van der Waals surface area contributed by atoms with E-state index in [2.05, 4.69) is 66.0 Å². The van der Waals surface area contributed by atoms with Gasteiger partial charge in [-0.15, -0.1) is 0 Å². The van der Waals surface area contributed by atoms with Gasteiger partial charge in [0.1, 0.15) is 5.75 Å². The molecule has 8 heteroatoms.